The summed E-state index contributed by atoms with van der Waals surface area (Å²) in [6.45, 7) is 10.1. The van der Waals surface area contributed by atoms with Crippen LogP contribution in [0.5, 0.6) is 0 Å². The topological polar surface area (TPSA) is 52.6 Å². The molecule has 1 aliphatic carbocycles. The van der Waals surface area contributed by atoms with Gasteiger partial charge in [0.05, 0.1) is 17.8 Å². The minimum atomic E-state index is -1.01. The van der Waals surface area contributed by atoms with Gasteiger partial charge in [0.15, 0.2) is 5.78 Å². The number of ether oxygens (including phenoxy) is 2. The Bertz CT molecular complexity index is 438. The Morgan fingerprint density at radius 2 is 1.95 bits per heavy atom. The molecule has 2 unspecified atom stereocenters. The molecule has 0 aromatic heterocycles. The number of esters is 1. The van der Waals surface area contributed by atoms with Crippen molar-refractivity contribution in [2.24, 2.45) is 11.3 Å². The molecule has 0 aromatic carbocycles. The minimum absolute atomic E-state index is 0.0478. The molecule has 0 bridgehead atoms. The van der Waals surface area contributed by atoms with Crippen molar-refractivity contribution in [3.05, 3.63) is 0 Å². The van der Waals surface area contributed by atoms with Crippen LogP contribution in [-0.4, -0.2) is 29.6 Å². The van der Waals surface area contributed by atoms with E-state index in [-0.39, 0.29) is 23.3 Å². The average molecular weight is 296 g/mol. The highest BCUT2D eigenvalue weighted by atomic mass is 16.5. The van der Waals surface area contributed by atoms with Gasteiger partial charge in [0.1, 0.15) is 5.41 Å². The van der Waals surface area contributed by atoms with E-state index in [1.807, 2.05) is 27.7 Å². The molecule has 1 aliphatic heterocycles. The molecular weight excluding hydrogens is 268 g/mol. The summed E-state index contributed by atoms with van der Waals surface area (Å²) in [4.78, 5) is 25.5. The van der Waals surface area contributed by atoms with Crippen molar-refractivity contribution in [1.82, 2.24) is 0 Å². The normalized spacial score (nSPS) is 34.7. The molecule has 4 nitrogen and oxygen atoms in total. The summed E-state index contributed by atoms with van der Waals surface area (Å²) >= 11 is 0. The Balaban J connectivity index is 2.45. The summed E-state index contributed by atoms with van der Waals surface area (Å²) in [5.41, 5.74) is -1.82. The lowest BCUT2D eigenvalue weighted by molar-refractivity contribution is -0.172. The molecule has 0 N–H and O–H groups in total. The van der Waals surface area contributed by atoms with Gasteiger partial charge in [-0.2, -0.15) is 0 Å². The van der Waals surface area contributed by atoms with Gasteiger partial charge >= 0.3 is 5.97 Å². The summed E-state index contributed by atoms with van der Waals surface area (Å²) in [5.74, 6) is -0.410. The first-order valence-electron chi connectivity index (χ1n) is 8.06. The first-order chi connectivity index (χ1) is 9.66. The lowest BCUT2D eigenvalue weighted by atomic mass is 9.59. The molecule has 0 spiro atoms. The fourth-order valence-corrected chi connectivity index (χ4v) is 4.37. The van der Waals surface area contributed by atoms with Gasteiger partial charge in [-0.25, -0.2) is 0 Å². The van der Waals surface area contributed by atoms with Gasteiger partial charge in [0.25, 0.3) is 0 Å². The Morgan fingerprint density at radius 1 is 1.29 bits per heavy atom. The molecule has 21 heavy (non-hydrogen) atoms. The highest BCUT2D eigenvalue weighted by Crippen LogP contribution is 2.55. The molecule has 0 radical (unpaired) electrons. The second-order valence-corrected chi connectivity index (χ2v) is 7.54. The van der Waals surface area contributed by atoms with Gasteiger partial charge in [-0.1, -0.05) is 6.42 Å². The number of carbonyl (C=O) groups is 2. The van der Waals surface area contributed by atoms with Gasteiger partial charge in [-0.05, 0) is 53.9 Å². The summed E-state index contributed by atoms with van der Waals surface area (Å²) in [7, 11) is 0. The lowest BCUT2D eigenvalue weighted by Gasteiger charge is -2.42. The molecule has 2 aliphatic rings. The second kappa shape index (κ2) is 5.38. The second-order valence-electron chi connectivity index (χ2n) is 7.54. The van der Waals surface area contributed by atoms with Crippen LogP contribution in [0.15, 0.2) is 0 Å². The van der Waals surface area contributed by atoms with Crippen molar-refractivity contribution in [2.45, 2.75) is 77.9 Å². The molecule has 1 heterocycles. The highest BCUT2D eigenvalue weighted by molar-refractivity contribution is 6.04. The molecule has 0 aromatic rings. The molecule has 1 saturated heterocycles. The van der Waals surface area contributed by atoms with Crippen LogP contribution in [0.25, 0.3) is 0 Å². The van der Waals surface area contributed by atoms with E-state index in [1.165, 1.54) is 0 Å². The van der Waals surface area contributed by atoms with E-state index < -0.39 is 11.0 Å². The number of Topliss-reactive ketones (excluding diaryl/α,β-unsaturated/α-hetero) is 1. The predicted octanol–water partition coefficient (Wildman–Crippen LogP) is 3.27. The van der Waals surface area contributed by atoms with Gasteiger partial charge in [0.2, 0.25) is 0 Å². The summed E-state index contributed by atoms with van der Waals surface area (Å²) in [5, 5.41) is 0. The molecule has 0 amide bonds. The van der Waals surface area contributed by atoms with E-state index in [9.17, 15) is 9.59 Å². The van der Waals surface area contributed by atoms with Crippen LogP contribution >= 0.6 is 0 Å². The van der Waals surface area contributed by atoms with Gasteiger partial charge in [-0.15, -0.1) is 0 Å². The van der Waals surface area contributed by atoms with E-state index in [2.05, 4.69) is 0 Å². The number of ketones is 1. The smallest absolute Gasteiger partial charge is 0.320 e. The molecule has 2 rings (SSSR count). The van der Waals surface area contributed by atoms with E-state index in [1.54, 1.807) is 6.92 Å². The Kier molecular flexibility index (Phi) is 4.22. The zero-order chi connectivity index (χ0) is 15.9. The van der Waals surface area contributed by atoms with Crippen molar-refractivity contribution >= 4 is 11.8 Å². The number of rotatable bonds is 3. The van der Waals surface area contributed by atoms with Crippen LogP contribution in [0.4, 0.5) is 0 Å². The molecule has 4 heteroatoms. The maximum atomic E-state index is 12.8. The molecule has 2 fully saturated rings. The molecule has 1 saturated carbocycles. The number of carbonyl (C=O) groups excluding carboxylic acids is 2. The van der Waals surface area contributed by atoms with Crippen LogP contribution in [0.1, 0.15) is 66.7 Å². The monoisotopic (exact) mass is 296 g/mol. The largest absolute Gasteiger partial charge is 0.465 e. The fourth-order valence-electron chi connectivity index (χ4n) is 4.37. The number of hydrogen-bond acceptors (Lipinski definition) is 4. The summed E-state index contributed by atoms with van der Waals surface area (Å²) in [6.07, 6.45) is 3.56. The summed E-state index contributed by atoms with van der Waals surface area (Å²) < 4.78 is 11.5. The maximum absolute atomic E-state index is 12.8. The van der Waals surface area contributed by atoms with Crippen molar-refractivity contribution in [2.75, 3.05) is 6.61 Å². The zero-order valence-electron chi connectivity index (χ0n) is 14.0. The van der Waals surface area contributed by atoms with Crippen molar-refractivity contribution in [3.63, 3.8) is 0 Å². The Morgan fingerprint density at radius 3 is 2.43 bits per heavy atom. The van der Waals surface area contributed by atoms with E-state index in [4.69, 9.17) is 9.47 Å². The fraction of sp³-hybridized carbons (Fsp3) is 0.882. The minimum Gasteiger partial charge on any atom is -0.465 e. The Hall–Kier alpha value is -0.900. The highest BCUT2D eigenvalue weighted by Gasteiger charge is 2.62. The molecular formula is C17H28O4. The SMILES string of the molecule is CCOC(=O)C1(C2CC(C)(C)OC2(C)C)CCCCC1=O. The summed E-state index contributed by atoms with van der Waals surface area (Å²) in [6, 6.07) is 0. The van der Waals surface area contributed by atoms with E-state index in [0.717, 1.165) is 12.8 Å². The standard InChI is InChI=1S/C17H28O4/c1-6-20-14(19)17(10-8-7-9-13(17)18)12-11-15(2,3)21-16(12,4)5/h12H,6-11H2,1-5H3. The maximum Gasteiger partial charge on any atom is 0.320 e. The van der Waals surface area contributed by atoms with Crippen LogP contribution in [0.3, 0.4) is 0 Å². The third-order valence-electron chi connectivity index (χ3n) is 5.03. The quantitative estimate of drug-likeness (QED) is 0.592. The number of hydrogen-bond donors (Lipinski definition) is 0. The van der Waals surface area contributed by atoms with E-state index >= 15 is 0 Å². The van der Waals surface area contributed by atoms with Crippen LogP contribution in [0.2, 0.25) is 0 Å². The van der Waals surface area contributed by atoms with Gasteiger partial charge in [-0.3, -0.25) is 9.59 Å². The average Bonchev–Trinajstić information content (AvgIpc) is 2.58. The lowest BCUT2D eigenvalue weighted by Crippen LogP contribution is -2.53. The van der Waals surface area contributed by atoms with Crippen LogP contribution in [-0.2, 0) is 19.1 Å². The predicted molar refractivity (Wildman–Crippen MR) is 79.9 cm³/mol. The zero-order valence-corrected chi connectivity index (χ0v) is 14.0. The van der Waals surface area contributed by atoms with Crippen molar-refractivity contribution < 1.29 is 19.1 Å². The molecule has 2 atom stereocenters. The van der Waals surface area contributed by atoms with Crippen LogP contribution < -0.4 is 0 Å². The third kappa shape index (κ3) is 2.75. The van der Waals surface area contributed by atoms with E-state index in [0.29, 0.717) is 25.9 Å². The first kappa shape index (κ1) is 16.5. The third-order valence-corrected chi connectivity index (χ3v) is 5.03. The van der Waals surface area contributed by atoms with Crippen molar-refractivity contribution in [1.29, 1.82) is 0 Å². The van der Waals surface area contributed by atoms with Gasteiger partial charge in [0, 0.05) is 12.3 Å². The molecule has 120 valence electrons. The first-order valence-corrected chi connectivity index (χ1v) is 8.06. The van der Waals surface area contributed by atoms with Crippen LogP contribution in [0, 0.1) is 11.3 Å². The van der Waals surface area contributed by atoms with Crippen molar-refractivity contribution in [3.8, 4) is 0 Å². The Labute approximate surface area is 127 Å². The van der Waals surface area contributed by atoms with Gasteiger partial charge < -0.3 is 9.47 Å².